The Hall–Kier alpha value is -2.18. The molecule has 0 saturated heterocycles. The van der Waals surface area contributed by atoms with E-state index >= 15 is 0 Å². The van der Waals surface area contributed by atoms with E-state index in [0.717, 1.165) is 12.0 Å². The molecule has 0 N–H and O–H groups in total. The van der Waals surface area contributed by atoms with Crippen LogP contribution in [0.5, 0.6) is 0 Å². The van der Waals surface area contributed by atoms with E-state index in [0.29, 0.717) is 10.7 Å². The molecule has 0 amide bonds. The molecule has 0 aliphatic rings. The first-order chi connectivity index (χ1) is 10.5. The molecule has 0 bridgehead atoms. The van der Waals surface area contributed by atoms with Gasteiger partial charge in [-0.1, -0.05) is 29.3 Å². The Bertz CT molecular complexity index is 901. The average molecular weight is 335 g/mol. The van der Waals surface area contributed by atoms with Crippen molar-refractivity contribution >= 4 is 21.4 Å². The highest BCUT2D eigenvalue weighted by Crippen LogP contribution is 2.30. The number of halogens is 1. The van der Waals surface area contributed by atoms with Crippen LogP contribution in [0.15, 0.2) is 63.4 Å². The summed E-state index contributed by atoms with van der Waals surface area (Å²) in [6.07, 6.45) is 2.55. The molecule has 3 rings (SSSR count). The van der Waals surface area contributed by atoms with Gasteiger partial charge in [-0.25, -0.2) is 18.4 Å². The summed E-state index contributed by atoms with van der Waals surface area (Å²) in [6.45, 7) is 1.88. The van der Waals surface area contributed by atoms with Crippen LogP contribution in [-0.4, -0.2) is 18.4 Å². The highest BCUT2D eigenvalue weighted by Gasteiger charge is 2.27. The molecule has 112 valence electrons. The fraction of sp³-hybridized carbons (Fsp3) is 0.0667. The second-order valence-electron chi connectivity index (χ2n) is 4.67. The lowest BCUT2D eigenvalue weighted by atomic mass is 10.2. The van der Waals surface area contributed by atoms with E-state index in [-0.39, 0.29) is 15.7 Å². The summed E-state index contributed by atoms with van der Waals surface area (Å²) in [6, 6.07) is 9.74. The zero-order chi connectivity index (χ0) is 15.7. The van der Waals surface area contributed by atoms with Gasteiger partial charge in [-0.2, -0.15) is 0 Å². The molecule has 0 unspecified atom stereocenters. The minimum atomic E-state index is -3.79. The van der Waals surface area contributed by atoms with Crippen molar-refractivity contribution in [3.05, 3.63) is 59.7 Å². The molecule has 0 fully saturated rings. The van der Waals surface area contributed by atoms with E-state index < -0.39 is 9.84 Å². The molecule has 3 aromatic rings. The van der Waals surface area contributed by atoms with Crippen LogP contribution in [0.3, 0.4) is 0 Å². The van der Waals surface area contributed by atoms with Crippen LogP contribution in [-0.2, 0) is 9.84 Å². The quantitative estimate of drug-likeness (QED) is 0.685. The minimum Gasteiger partial charge on any atom is -0.431 e. The van der Waals surface area contributed by atoms with Crippen molar-refractivity contribution in [2.75, 3.05) is 0 Å². The number of sulfone groups is 1. The van der Waals surface area contributed by atoms with Gasteiger partial charge in [-0.3, -0.25) is 0 Å². The molecular weight excluding hydrogens is 324 g/mol. The molecule has 22 heavy (non-hydrogen) atoms. The third kappa shape index (κ3) is 2.63. The topological polar surface area (TPSA) is 73.1 Å². The Kier molecular flexibility index (Phi) is 3.72. The number of aromatic nitrogens is 2. The number of benzene rings is 1. The van der Waals surface area contributed by atoms with Crippen LogP contribution < -0.4 is 0 Å². The van der Waals surface area contributed by atoms with Gasteiger partial charge in [0.1, 0.15) is 10.8 Å². The molecule has 0 aliphatic carbocycles. The van der Waals surface area contributed by atoms with Gasteiger partial charge in [0.2, 0.25) is 9.84 Å². The second kappa shape index (κ2) is 5.55. The van der Waals surface area contributed by atoms with Crippen LogP contribution in [0.4, 0.5) is 0 Å². The second-order valence-corrected chi connectivity index (χ2v) is 6.91. The average Bonchev–Trinajstić information content (AvgIpc) is 2.99. The molecule has 0 radical (unpaired) electrons. The van der Waals surface area contributed by atoms with Gasteiger partial charge in [-0.15, -0.1) is 0 Å². The lowest BCUT2D eigenvalue weighted by Gasteiger charge is -2.04. The molecule has 5 nitrogen and oxygen atoms in total. The number of rotatable bonds is 3. The highest BCUT2D eigenvalue weighted by molar-refractivity contribution is 7.91. The molecule has 2 heterocycles. The minimum absolute atomic E-state index is 0.151. The van der Waals surface area contributed by atoms with E-state index in [9.17, 15) is 8.42 Å². The Morgan fingerprint density at radius 2 is 1.77 bits per heavy atom. The van der Waals surface area contributed by atoms with E-state index in [2.05, 4.69) is 9.97 Å². The normalized spacial score (nSPS) is 11.5. The largest absolute Gasteiger partial charge is 0.431 e. The summed E-state index contributed by atoms with van der Waals surface area (Å²) in [5.74, 6) is 0. The van der Waals surface area contributed by atoms with Gasteiger partial charge in [0.15, 0.2) is 6.39 Å². The summed E-state index contributed by atoms with van der Waals surface area (Å²) < 4.78 is 30.5. The maximum Gasteiger partial charge on any atom is 0.250 e. The smallest absolute Gasteiger partial charge is 0.250 e. The van der Waals surface area contributed by atoms with Crippen molar-refractivity contribution in [2.24, 2.45) is 0 Å². The fourth-order valence-corrected chi connectivity index (χ4v) is 3.37. The fourth-order valence-electron chi connectivity index (χ4n) is 1.96. The summed E-state index contributed by atoms with van der Waals surface area (Å²) in [4.78, 5) is 8.08. The number of nitrogens with zero attached hydrogens (tertiary/aromatic N) is 2. The molecule has 0 spiro atoms. The van der Waals surface area contributed by atoms with Crippen molar-refractivity contribution in [1.82, 2.24) is 9.97 Å². The van der Waals surface area contributed by atoms with Crippen molar-refractivity contribution in [2.45, 2.75) is 16.9 Å². The third-order valence-electron chi connectivity index (χ3n) is 3.11. The summed E-state index contributed by atoms with van der Waals surface area (Å²) in [5.41, 5.74) is 1.70. The van der Waals surface area contributed by atoms with Gasteiger partial charge in [0, 0.05) is 11.8 Å². The first kappa shape index (κ1) is 14.7. The Morgan fingerprint density at radius 3 is 2.41 bits per heavy atom. The van der Waals surface area contributed by atoms with E-state index in [1.54, 1.807) is 24.3 Å². The van der Waals surface area contributed by atoms with Crippen LogP contribution in [0.1, 0.15) is 5.56 Å². The summed E-state index contributed by atoms with van der Waals surface area (Å²) in [7, 11) is -3.79. The SMILES string of the molecule is Cc1ccc(S(=O)(=O)c2ocnc2-c2ccc(Cl)nc2)cc1. The molecule has 0 atom stereocenters. The predicted octanol–water partition coefficient (Wildman–Crippen LogP) is 3.53. The highest BCUT2D eigenvalue weighted by atomic mass is 35.5. The van der Waals surface area contributed by atoms with E-state index in [1.165, 1.54) is 18.3 Å². The van der Waals surface area contributed by atoms with Crippen molar-refractivity contribution in [3.8, 4) is 11.3 Å². The maximum atomic E-state index is 12.7. The van der Waals surface area contributed by atoms with Gasteiger partial charge in [-0.05, 0) is 31.2 Å². The molecular formula is C15H11ClN2O3S. The number of pyridine rings is 1. The standard InChI is InChI=1S/C15H11ClN2O3S/c1-10-2-5-12(6-3-10)22(19,20)15-14(18-9-21-15)11-4-7-13(16)17-8-11/h2-9H,1H3. The lowest BCUT2D eigenvalue weighted by molar-refractivity contribution is 0.448. The monoisotopic (exact) mass is 334 g/mol. The molecule has 0 aliphatic heterocycles. The lowest BCUT2D eigenvalue weighted by Crippen LogP contribution is -2.02. The molecule has 2 aromatic heterocycles. The summed E-state index contributed by atoms with van der Waals surface area (Å²) >= 11 is 5.74. The van der Waals surface area contributed by atoms with Crippen LogP contribution in [0, 0.1) is 6.92 Å². The van der Waals surface area contributed by atoms with Gasteiger partial charge in [0.05, 0.1) is 4.90 Å². The number of oxazole rings is 1. The Labute approximate surface area is 132 Å². The molecule has 1 aromatic carbocycles. The van der Waals surface area contributed by atoms with Crippen LogP contribution >= 0.6 is 11.6 Å². The van der Waals surface area contributed by atoms with E-state index in [1.807, 2.05) is 6.92 Å². The van der Waals surface area contributed by atoms with Crippen molar-refractivity contribution < 1.29 is 12.8 Å². The van der Waals surface area contributed by atoms with Gasteiger partial charge >= 0.3 is 0 Å². The van der Waals surface area contributed by atoms with Crippen LogP contribution in [0.2, 0.25) is 5.15 Å². The van der Waals surface area contributed by atoms with Crippen LogP contribution in [0.25, 0.3) is 11.3 Å². The van der Waals surface area contributed by atoms with Gasteiger partial charge < -0.3 is 4.42 Å². The Balaban J connectivity index is 2.11. The first-order valence-corrected chi connectivity index (χ1v) is 8.22. The predicted molar refractivity (Wildman–Crippen MR) is 81.4 cm³/mol. The summed E-state index contributed by atoms with van der Waals surface area (Å²) in [5, 5.41) is 0.107. The number of hydrogen-bond acceptors (Lipinski definition) is 5. The number of hydrogen-bond donors (Lipinski definition) is 0. The third-order valence-corrected chi connectivity index (χ3v) is 5.01. The Morgan fingerprint density at radius 1 is 1.05 bits per heavy atom. The number of aryl methyl sites for hydroxylation is 1. The molecule has 0 saturated carbocycles. The zero-order valence-electron chi connectivity index (χ0n) is 11.5. The van der Waals surface area contributed by atoms with Gasteiger partial charge in [0.25, 0.3) is 5.09 Å². The maximum absolute atomic E-state index is 12.7. The first-order valence-electron chi connectivity index (χ1n) is 6.35. The van der Waals surface area contributed by atoms with Crippen molar-refractivity contribution in [1.29, 1.82) is 0 Å². The zero-order valence-corrected chi connectivity index (χ0v) is 13.1. The van der Waals surface area contributed by atoms with Crippen molar-refractivity contribution in [3.63, 3.8) is 0 Å². The van der Waals surface area contributed by atoms with E-state index in [4.69, 9.17) is 16.0 Å². The molecule has 7 heteroatoms.